The molecule has 1 aliphatic heterocycles. The van der Waals surface area contributed by atoms with Gasteiger partial charge in [-0.1, -0.05) is 48.9 Å². The molecule has 1 atom stereocenters. The smallest absolute Gasteiger partial charge is 0.0747 e. The van der Waals surface area contributed by atoms with Crippen LogP contribution in [-0.4, -0.2) is 31.1 Å². The summed E-state index contributed by atoms with van der Waals surface area (Å²) < 4.78 is 0. The third-order valence-corrected chi connectivity index (χ3v) is 5.00. The largest absolute Gasteiger partial charge is 0.370 e. The minimum absolute atomic E-state index is 0.141. The number of nitrogens with zero attached hydrogens (tertiary/aromatic N) is 1. The van der Waals surface area contributed by atoms with Crippen molar-refractivity contribution in [3.8, 4) is 0 Å². The van der Waals surface area contributed by atoms with Gasteiger partial charge in [0.1, 0.15) is 0 Å². The molecule has 2 rings (SSSR count). The fourth-order valence-corrected chi connectivity index (χ4v) is 3.74. The molecule has 0 bridgehead atoms. The fourth-order valence-electron chi connectivity index (χ4n) is 3.55. The van der Waals surface area contributed by atoms with E-state index in [1.807, 2.05) is 12.3 Å². The van der Waals surface area contributed by atoms with E-state index >= 15 is 0 Å². The lowest BCUT2D eigenvalue weighted by Gasteiger charge is -2.34. The van der Waals surface area contributed by atoms with E-state index in [1.165, 1.54) is 22.3 Å². The van der Waals surface area contributed by atoms with E-state index in [0.29, 0.717) is 0 Å². The summed E-state index contributed by atoms with van der Waals surface area (Å²) in [4.78, 5) is 2.17. The summed E-state index contributed by atoms with van der Waals surface area (Å²) >= 11 is 6.25. The van der Waals surface area contributed by atoms with Gasteiger partial charge >= 0.3 is 0 Å². The fraction of sp³-hybridized carbons (Fsp3) is 0.429. The number of halogens is 1. The zero-order chi connectivity index (χ0) is 17.7. The highest BCUT2D eigenvalue weighted by molar-refractivity contribution is 6.30. The minimum Gasteiger partial charge on any atom is -0.370 e. The van der Waals surface area contributed by atoms with E-state index in [9.17, 15) is 0 Å². The highest BCUT2D eigenvalue weighted by Crippen LogP contribution is 2.35. The molecule has 24 heavy (non-hydrogen) atoms. The van der Waals surface area contributed by atoms with Crippen LogP contribution < -0.4 is 5.32 Å². The highest BCUT2D eigenvalue weighted by atomic mass is 35.5. The molecule has 0 aliphatic carbocycles. The SMILES string of the molecule is C=CN(C)C(C(=C)C)C(=C1CCNCC1)c1ccc(Cl)cc1CC. The first-order valence-corrected chi connectivity index (χ1v) is 9.08. The maximum Gasteiger partial charge on any atom is 0.0747 e. The molecule has 1 N–H and O–H groups in total. The Bertz CT molecular complexity index is 637. The van der Waals surface area contributed by atoms with E-state index in [-0.39, 0.29) is 6.04 Å². The molecule has 0 spiro atoms. The van der Waals surface area contributed by atoms with Crippen LogP contribution in [0.2, 0.25) is 5.02 Å². The number of piperidine rings is 1. The molecular weight excluding hydrogens is 316 g/mol. The average molecular weight is 345 g/mol. The second kappa shape index (κ2) is 8.55. The van der Waals surface area contributed by atoms with Crippen molar-refractivity contribution in [1.82, 2.24) is 10.2 Å². The maximum absolute atomic E-state index is 6.25. The molecule has 0 saturated carbocycles. The van der Waals surface area contributed by atoms with Crippen molar-refractivity contribution in [2.75, 3.05) is 20.1 Å². The summed E-state index contributed by atoms with van der Waals surface area (Å²) in [6.07, 6.45) is 5.01. The van der Waals surface area contributed by atoms with Gasteiger partial charge in [-0.15, -0.1) is 0 Å². The Labute approximate surface area is 151 Å². The van der Waals surface area contributed by atoms with Gasteiger partial charge in [0, 0.05) is 12.1 Å². The first kappa shape index (κ1) is 18.8. The number of hydrogen-bond acceptors (Lipinski definition) is 2. The van der Waals surface area contributed by atoms with Gasteiger partial charge in [0.2, 0.25) is 0 Å². The average Bonchev–Trinajstić information content (AvgIpc) is 2.59. The summed E-state index contributed by atoms with van der Waals surface area (Å²) in [6.45, 7) is 14.6. The Kier molecular flexibility index (Phi) is 6.70. The predicted octanol–water partition coefficient (Wildman–Crippen LogP) is 5.06. The standard InChI is InChI=1S/C21H29ClN2/c1-6-16-14-18(22)8-9-19(16)20(17-10-12-23-13-11-17)21(15(3)4)24(5)7-2/h7-9,14,21,23H,2-3,6,10-13H2,1,4-5H3. The van der Waals surface area contributed by atoms with E-state index in [2.05, 4.69) is 56.4 Å². The first-order chi connectivity index (χ1) is 11.5. The van der Waals surface area contributed by atoms with E-state index in [0.717, 1.165) is 42.9 Å². The van der Waals surface area contributed by atoms with Crippen molar-refractivity contribution >= 4 is 17.2 Å². The van der Waals surface area contributed by atoms with E-state index in [4.69, 9.17) is 11.6 Å². The van der Waals surface area contributed by atoms with Crippen molar-refractivity contribution in [2.24, 2.45) is 0 Å². The number of nitrogens with one attached hydrogen (secondary N) is 1. The van der Waals surface area contributed by atoms with Crippen molar-refractivity contribution in [3.05, 3.63) is 64.9 Å². The molecule has 0 radical (unpaired) electrons. The van der Waals surface area contributed by atoms with Crippen molar-refractivity contribution in [3.63, 3.8) is 0 Å². The molecule has 1 aliphatic rings. The van der Waals surface area contributed by atoms with Gasteiger partial charge < -0.3 is 10.2 Å². The van der Waals surface area contributed by atoms with E-state index in [1.54, 1.807) is 0 Å². The summed E-state index contributed by atoms with van der Waals surface area (Å²) in [5.74, 6) is 0. The molecule has 1 fully saturated rings. The van der Waals surface area contributed by atoms with Crippen LogP contribution in [0, 0.1) is 0 Å². The van der Waals surface area contributed by atoms with Crippen LogP contribution in [0.1, 0.15) is 37.8 Å². The number of benzene rings is 1. The number of likely N-dealkylation sites (N-methyl/N-ethyl adjacent to an activating group) is 1. The number of rotatable bonds is 6. The van der Waals surface area contributed by atoms with Crippen molar-refractivity contribution in [1.29, 1.82) is 0 Å². The van der Waals surface area contributed by atoms with Crippen LogP contribution in [0.5, 0.6) is 0 Å². The second-order valence-electron chi connectivity index (χ2n) is 6.52. The Hall–Kier alpha value is -1.51. The van der Waals surface area contributed by atoms with Gasteiger partial charge in [-0.2, -0.15) is 0 Å². The molecule has 0 amide bonds. The zero-order valence-corrected chi connectivity index (χ0v) is 15.9. The summed E-state index contributed by atoms with van der Waals surface area (Å²) in [6, 6.07) is 6.42. The molecule has 3 heteroatoms. The van der Waals surface area contributed by atoms with Gasteiger partial charge in [-0.25, -0.2) is 0 Å². The maximum atomic E-state index is 6.25. The first-order valence-electron chi connectivity index (χ1n) is 8.70. The molecule has 1 saturated heterocycles. The Morgan fingerprint density at radius 2 is 2.04 bits per heavy atom. The molecule has 0 aromatic heterocycles. The van der Waals surface area contributed by atoms with Crippen LogP contribution in [0.3, 0.4) is 0 Å². The normalized spacial score (nSPS) is 15.8. The van der Waals surface area contributed by atoms with Crippen LogP contribution >= 0.6 is 11.6 Å². The Morgan fingerprint density at radius 1 is 1.38 bits per heavy atom. The van der Waals surface area contributed by atoms with Crippen LogP contribution in [-0.2, 0) is 6.42 Å². The predicted molar refractivity (Wildman–Crippen MR) is 106 cm³/mol. The molecule has 1 heterocycles. The summed E-state index contributed by atoms with van der Waals surface area (Å²) in [5, 5.41) is 4.26. The molecule has 1 unspecified atom stereocenters. The minimum atomic E-state index is 0.141. The number of aryl methyl sites for hydroxylation is 1. The third kappa shape index (κ3) is 4.12. The summed E-state index contributed by atoms with van der Waals surface area (Å²) in [5.41, 5.74) is 6.65. The van der Waals surface area contributed by atoms with Crippen LogP contribution in [0.25, 0.3) is 5.57 Å². The Balaban J connectivity index is 2.67. The Morgan fingerprint density at radius 3 is 2.58 bits per heavy atom. The monoisotopic (exact) mass is 344 g/mol. The third-order valence-electron chi connectivity index (χ3n) is 4.76. The number of hydrogen-bond donors (Lipinski definition) is 1. The van der Waals surface area contributed by atoms with Crippen LogP contribution in [0.4, 0.5) is 0 Å². The van der Waals surface area contributed by atoms with Gasteiger partial charge in [0.15, 0.2) is 0 Å². The topological polar surface area (TPSA) is 15.3 Å². The molecule has 130 valence electrons. The zero-order valence-electron chi connectivity index (χ0n) is 15.2. The lowest BCUT2D eigenvalue weighted by atomic mass is 9.83. The molecule has 2 nitrogen and oxygen atoms in total. The van der Waals surface area contributed by atoms with E-state index < -0.39 is 0 Å². The van der Waals surface area contributed by atoms with Gasteiger partial charge in [0.25, 0.3) is 0 Å². The van der Waals surface area contributed by atoms with Crippen molar-refractivity contribution in [2.45, 2.75) is 39.2 Å². The molecule has 1 aromatic carbocycles. The van der Waals surface area contributed by atoms with Gasteiger partial charge in [0.05, 0.1) is 6.04 Å². The van der Waals surface area contributed by atoms with Gasteiger partial charge in [-0.3, -0.25) is 0 Å². The highest BCUT2D eigenvalue weighted by Gasteiger charge is 2.25. The van der Waals surface area contributed by atoms with Gasteiger partial charge in [-0.05, 0) is 74.3 Å². The second-order valence-corrected chi connectivity index (χ2v) is 6.96. The van der Waals surface area contributed by atoms with Crippen molar-refractivity contribution < 1.29 is 0 Å². The molecule has 1 aromatic rings. The lowest BCUT2D eigenvalue weighted by molar-refractivity contribution is 0.431. The summed E-state index contributed by atoms with van der Waals surface area (Å²) in [7, 11) is 2.08. The lowest BCUT2D eigenvalue weighted by Crippen LogP contribution is -2.32. The quantitative estimate of drug-likeness (QED) is 0.725. The van der Waals surface area contributed by atoms with Crippen LogP contribution in [0.15, 0.2) is 48.7 Å². The molecular formula is C21H29ClN2.